The van der Waals surface area contributed by atoms with Gasteiger partial charge in [0.15, 0.2) is 0 Å². The summed E-state index contributed by atoms with van der Waals surface area (Å²) in [6, 6.07) is 23.3. The highest BCUT2D eigenvalue weighted by Gasteiger charge is 2.21. The molecule has 1 amide bonds. The Hall–Kier alpha value is -5.15. The van der Waals surface area contributed by atoms with Gasteiger partial charge in [0.05, 0.1) is 35.7 Å². The fourth-order valence-electron chi connectivity index (χ4n) is 4.72. The Morgan fingerprint density at radius 1 is 1.21 bits per heavy atom. The maximum absolute atomic E-state index is 13.0. The molecule has 0 bridgehead atoms. The first-order valence-electron chi connectivity index (χ1n) is 13.7. The maximum atomic E-state index is 13.0. The minimum atomic E-state index is -0.296. The quantitative estimate of drug-likeness (QED) is 0.193. The number of fused-ring (bicyclic) bond motifs is 1. The van der Waals surface area contributed by atoms with Crippen molar-refractivity contribution in [1.82, 2.24) is 9.88 Å². The Morgan fingerprint density at radius 3 is 2.83 bits per heavy atom. The average Bonchev–Trinajstić information content (AvgIpc) is 3.51. The molecule has 1 fully saturated rings. The first kappa shape index (κ1) is 28.4. The van der Waals surface area contributed by atoms with Crippen molar-refractivity contribution in [3.63, 3.8) is 0 Å². The number of carbonyl (C=O) groups is 1. The number of nitrogens with one attached hydrogen (secondary N) is 2. The van der Waals surface area contributed by atoms with Crippen LogP contribution in [0.25, 0.3) is 10.9 Å². The zero-order valence-electron chi connectivity index (χ0n) is 23.3. The number of anilines is 3. The number of hydrogen-bond donors (Lipinski definition) is 2. The number of pyridine rings is 1. The fourth-order valence-corrected chi connectivity index (χ4v) is 4.72. The van der Waals surface area contributed by atoms with Crippen molar-refractivity contribution in [3.05, 3.63) is 102 Å². The molecule has 3 aromatic carbocycles. The van der Waals surface area contributed by atoms with Crippen LogP contribution < -0.4 is 15.4 Å². The van der Waals surface area contributed by atoms with Crippen LogP contribution in [0, 0.1) is 23.7 Å². The van der Waals surface area contributed by atoms with Crippen molar-refractivity contribution in [2.24, 2.45) is 0 Å². The van der Waals surface area contributed by atoms with Gasteiger partial charge in [0.25, 0.3) is 0 Å². The molecule has 210 valence electrons. The average molecular weight is 558 g/mol. The molecule has 4 aromatic rings. The van der Waals surface area contributed by atoms with E-state index in [0.29, 0.717) is 58.9 Å². The largest absolute Gasteiger partial charge is 0.486 e. The van der Waals surface area contributed by atoms with Crippen LogP contribution in [0.4, 0.5) is 17.1 Å². The summed E-state index contributed by atoms with van der Waals surface area (Å²) in [5, 5.41) is 16.8. The molecule has 1 aromatic heterocycles. The molecule has 5 rings (SSSR count). The van der Waals surface area contributed by atoms with Crippen molar-refractivity contribution in [3.8, 4) is 24.2 Å². The lowest BCUT2D eigenvalue weighted by atomic mass is 10.1. The topological polar surface area (TPSA) is 99.5 Å². The molecular weight excluding hydrogens is 526 g/mol. The van der Waals surface area contributed by atoms with Gasteiger partial charge in [-0.05, 0) is 36.9 Å². The number of ether oxygens (including phenoxy) is 2. The normalized spacial score (nSPS) is 14.5. The lowest BCUT2D eigenvalue weighted by molar-refractivity contribution is -0.111. The SMILES string of the molecule is C#Cc1cccc(Nc2c(C#N)cnc3cc(OC4CCOC4)c(NC(=O)/C=C/CN(C)Cc4ccccc4)cc23)c1. The number of benzene rings is 3. The van der Waals surface area contributed by atoms with Gasteiger partial charge in [-0.15, -0.1) is 6.42 Å². The van der Waals surface area contributed by atoms with Gasteiger partial charge in [-0.3, -0.25) is 14.7 Å². The minimum absolute atomic E-state index is 0.136. The molecule has 1 atom stereocenters. The van der Waals surface area contributed by atoms with Crippen LogP contribution in [0.1, 0.15) is 23.1 Å². The van der Waals surface area contributed by atoms with Crippen LogP contribution in [-0.4, -0.2) is 48.7 Å². The van der Waals surface area contributed by atoms with Gasteiger partial charge in [0.1, 0.15) is 17.9 Å². The van der Waals surface area contributed by atoms with Crippen molar-refractivity contribution >= 4 is 33.9 Å². The predicted molar refractivity (Wildman–Crippen MR) is 165 cm³/mol. The molecular formula is C34H31N5O3. The van der Waals surface area contributed by atoms with Crippen molar-refractivity contribution in [1.29, 1.82) is 5.26 Å². The van der Waals surface area contributed by atoms with Crippen molar-refractivity contribution in [2.45, 2.75) is 19.1 Å². The molecule has 1 aliphatic rings. The van der Waals surface area contributed by atoms with E-state index in [-0.39, 0.29) is 12.0 Å². The molecule has 8 heteroatoms. The standard InChI is InChI=1S/C34H31N5O3/c1-3-24-11-7-12-27(17-24)37-34-26(20-35)21-36-30-19-32(42-28-14-16-41-23-28)31(18-29(30)34)38-33(40)13-8-15-39(2)22-25-9-5-4-6-10-25/h1,4-13,17-19,21,28H,14-16,22-23H2,2H3,(H,36,37)(H,38,40)/b13-8+. The Bertz CT molecular complexity index is 1680. The summed E-state index contributed by atoms with van der Waals surface area (Å²) in [7, 11) is 2.00. The molecule has 2 heterocycles. The number of nitriles is 1. The van der Waals surface area contributed by atoms with E-state index in [4.69, 9.17) is 15.9 Å². The molecule has 0 saturated carbocycles. The third kappa shape index (κ3) is 7.13. The summed E-state index contributed by atoms with van der Waals surface area (Å²) in [4.78, 5) is 19.7. The maximum Gasteiger partial charge on any atom is 0.248 e. The van der Waals surface area contributed by atoms with E-state index in [1.807, 2.05) is 55.6 Å². The van der Waals surface area contributed by atoms with Gasteiger partial charge in [0, 0.05) is 54.5 Å². The third-order valence-electron chi connectivity index (χ3n) is 6.81. The number of carbonyl (C=O) groups excluding carboxylic acids is 1. The Labute approximate surface area is 245 Å². The van der Waals surface area contributed by atoms with Crippen LogP contribution in [0.15, 0.2) is 85.1 Å². The Balaban J connectivity index is 1.42. The molecule has 0 spiro atoms. The van der Waals surface area contributed by atoms with E-state index in [0.717, 1.165) is 18.7 Å². The second kappa shape index (κ2) is 13.5. The summed E-state index contributed by atoms with van der Waals surface area (Å²) >= 11 is 0. The van der Waals surface area contributed by atoms with Gasteiger partial charge >= 0.3 is 0 Å². The van der Waals surface area contributed by atoms with Crippen LogP contribution >= 0.6 is 0 Å². The Morgan fingerprint density at radius 2 is 2.07 bits per heavy atom. The van der Waals surface area contributed by atoms with Gasteiger partial charge in [-0.2, -0.15) is 5.26 Å². The second-order valence-electron chi connectivity index (χ2n) is 10.1. The molecule has 1 unspecified atom stereocenters. The number of hydrogen-bond acceptors (Lipinski definition) is 7. The van der Waals surface area contributed by atoms with Crippen LogP contribution in [0.3, 0.4) is 0 Å². The lowest BCUT2D eigenvalue weighted by Gasteiger charge is -2.18. The summed E-state index contributed by atoms with van der Waals surface area (Å²) in [5.41, 5.74) is 4.62. The van der Waals surface area contributed by atoms with E-state index in [2.05, 4.69) is 44.6 Å². The zero-order chi connectivity index (χ0) is 29.3. The van der Waals surface area contributed by atoms with E-state index in [9.17, 15) is 10.1 Å². The number of nitrogens with zero attached hydrogens (tertiary/aromatic N) is 3. The van der Waals surface area contributed by atoms with E-state index >= 15 is 0 Å². The summed E-state index contributed by atoms with van der Waals surface area (Å²) in [5.74, 6) is 2.81. The number of terminal acetylenes is 1. The monoisotopic (exact) mass is 557 g/mol. The fraction of sp³-hybridized carbons (Fsp3) is 0.206. The minimum Gasteiger partial charge on any atom is -0.486 e. The van der Waals surface area contributed by atoms with E-state index in [1.54, 1.807) is 12.1 Å². The summed E-state index contributed by atoms with van der Waals surface area (Å²) < 4.78 is 11.7. The smallest absolute Gasteiger partial charge is 0.248 e. The van der Waals surface area contributed by atoms with Crippen LogP contribution in [0.5, 0.6) is 5.75 Å². The molecule has 42 heavy (non-hydrogen) atoms. The zero-order valence-corrected chi connectivity index (χ0v) is 23.3. The highest BCUT2D eigenvalue weighted by atomic mass is 16.5. The molecule has 2 N–H and O–H groups in total. The summed E-state index contributed by atoms with van der Waals surface area (Å²) in [6.45, 7) is 2.46. The van der Waals surface area contributed by atoms with Gasteiger partial charge in [0.2, 0.25) is 5.91 Å². The number of likely N-dealkylation sites (N-methyl/N-ethyl adjacent to an activating group) is 1. The molecule has 0 radical (unpaired) electrons. The lowest BCUT2D eigenvalue weighted by Crippen LogP contribution is -2.19. The number of aromatic nitrogens is 1. The summed E-state index contributed by atoms with van der Waals surface area (Å²) in [6.07, 6.45) is 11.1. The van der Waals surface area contributed by atoms with Gasteiger partial charge in [-0.1, -0.05) is 48.4 Å². The highest BCUT2D eigenvalue weighted by molar-refractivity contribution is 6.04. The first-order valence-corrected chi connectivity index (χ1v) is 13.7. The van der Waals surface area contributed by atoms with Gasteiger partial charge in [-0.25, -0.2) is 0 Å². The van der Waals surface area contributed by atoms with E-state index in [1.165, 1.54) is 17.8 Å². The number of amides is 1. The van der Waals surface area contributed by atoms with Crippen LogP contribution in [-0.2, 0) is 16.1 Å². The third-order valence-corrected chi connectivity index (χ3v) is 6.81. The van der Waals surface area contributed by atoms with Crippen molar-refractivity contribution in [2.75, 3.05) is 37.4 Å². The van der Waals surface area contributed by atoms with Gasteiger partial charge < -0.3 is 20.1 Å². The highest BCUT2D eigenvalue weighted by Crippen LogP contribution is 2.37. The molecule has 8 nitrogen and oxygen atoms in total. The number of rotatable bonds is 10. The van der Waals surface area contributed by atoms with Crippen LogP contribution in [0.2, 0.25) is 0 Å². The predicted octanol–water partition coefficient (Wildman–Crippen LogP) is 5.63. The second-order valence-corrected chi connectivity index (χ2v) is 10.1. The molecule has 1 saturated heterocycles. The van der Waals surface area contributed by atoms with E-state index < -0.39 is 0 Å². The Kier molecular flexibility index (Phi) is 9.10. The van der Waals surface area contributed by atoms with Crippen molar-refractivity contribution < 1.29 is 14.3 Å². The molecule has 1 aliphatic heterocycles. The molecule has 0 aliphatic carbocycles. The first-order chi connectivity index (χ1) is 20.5.